The first-order chi connectivity index (χ1) is 15.7. The topological polar surface area (TPSA) is 67.8 Å². The summed E-state index contributed by atoms with van der Waals surface area (Å²) >= 11 is 0. The predicted octanol–water partition coefficient (Wildman–Crippen LogP) is 2.69. The highest BCUT2D eigenvalue weighted by atomic mass is 19.4. The monoisotopic (exact) mass is 462 g/mol. The standard InChI is InChI=1S/C23H29F3N6O/c1-30-9-11-31(12-10-30)16-5-6-21(27-13-16)32-14-18(22(7-8-22)19(33)15-32)29-20-4-2-3-17(28-20)23(24,25)26/h2-6,13,18-19,33H,7-12,14-15H2,1H3,(H,28,29)/t18-,19-/m0/s1. The van der Waals surface area contributed by atoms with E-state index in [2.05, 4.69) is 38.2 Å². The minimum Gasteiger partial charge on any atom is -0.391 e. The van der Waals surface area contributed by atoms with Gasteiger partial charge in [-0.15, -0.1) is 0 Å². The zero-order valence-electron chi connectivity index (χ0n) is 18.6. The van der Waals surface area contributed by atoms with Gasteiger partial charge in [0.2, 0.25) is 0 Å². The fraction of sp³-hybridized carbons (Fsp3) is 0.565. The summed E-state index contributed by atoms with van der Waals surface area (Å²) in [6.07, 6.45) is -1.54. The predicted molar refractivity (Wildman–Crippen MR) is 120 cm³/mol. The number of hydrogen-bond acceptors (Lipinski definition) is 7. The summed E-state index contributed by atoms with van der Waals surface area (Å²) in [6, 6.07) is 7.65. The molecular weight excluding hydrogens is 433 g/mol. The number of pyridine rings is 2. The maximum absolute atomic E-state index is 13.1. The highest BCUT2D eigenvalue weighted by Gasteiger charge is 2.58. The third-order valence-corrected chi connectivity index (χ3v) is 7.27. The molecule has 2 N–H and O–H groups in total. The van der Waals surface area contributed by atoms with E-state index in [0.717, 1.165) is 56.6 Å². The average Bonchev–Trinajstić information content (AvgIpc) is 3.59. The van der Waals surface area contributed by atoms with Crippen molar-refractivity contribution in [1.29, 1.82) is 0 Å². The van der Waals surface area contributed by atoms with Crippen LogP contribution in [0.25, 0.3) is 0 Å². The van der Waals surface area contributed by atoms with Gasteiger partial charge in [-0.25, -0.2) is 9.97 Å². The Labute approximate surface area is 191 Å². The Morgan fingerprint density at radius 3 is 2.42 bits per heavy atom. The van der Waals surface area contributed by atoms with Crippen LogP contribution >= 0.6 is 0 Å². The van der Waals surface area contributed by atoms with Crippen molar-refractivity contribution < 1.29 is 18.3 Å². The Morgan fingerprint density at radius 2 is 1.79 bits per heavy atom. The number of nitrogens with zero attached hydrogens (tertiary/aromatic N) is 5. The summed E-state index contributed by atoms with van der Waals surface area (Å²) in [5.74, 6) is 0.930. The zero-order valence-corrected chi connectivity index (χ0v) is 18.6. The normalized spacial score (nSPS) is 25.4. The van der Waals surface area contributed by atoms with Crippen LogP contribution in [0.4, 0.5) is 30.5 Å². The van der Waals surface area contributed by atoms with E-state index >= 15 is 0 Å². The number of hydrogen-bond donors (Lipinski definition) is 2. The van der Waals surface area contributed by atoms with Gasteiger partial charge in [-0.1, -0.05) is 6.07 Å². The first-order valence-corrected chi connectivity index (χ1v) is 11.4. The number of aromatic nitrogens is 2. The number of aliphatic hydroxyl groups excluding tert-OH is 1. The van der Waals surface area contributed by atoms with Crippen LogP contribution in [0.15, 0.2) is 36.5 Å². The largest absolute Gasteiger partial charge is 0.433 e. The van der Waals surface area contributed by atoms with Crippen LogP contribution in [0, 0.1) is 5.41 Å². The molecule has 4 heterocycles. The lowest BCUT2D eigenvalue weighted by Crippen LogP contribution is -2.56. The molecule has 3 aliphatic rings. The zero-order chi connectivity index (χ0) is 23.2. The number of piperazine rings is 1. The molecule has 1 saturated carbocycles. The van der Waals surface area contributed by atoms with Gasteiger partial charge in [0, 0.05) is 44.7 Å². The van der Waals surface area contributed by atoms with E-state index in [4.69, 9.17) is 0 Å². The Bertz CT molecular complexity index is 973. The van der Waals surface area contributed by atoms with Gasteiger partial charge in [0.15, 0.2) is 0 Å². The second kappa shape index (κ2) is 8.32. The van der Waals surface area contributed by atoms with Crippen molar-refractivity contribution in [1.82, 2.24) is 14.9 Å². The fourth-order valence-corrected chi connectivity index (χ4v) is 4.97. The van der Waals surface area contributed by atoms with Gasteiger partial charge in [-0.05, 0) is 44.2 Å². The Balaban J connectivity index is 1.31. The molecule has 0 unspecified atom stereocenters. The minimum absolute atomic E-state index is 0.175. The number of likely N-dealkylation sites (N-methyl/N-ethyl adjacent to an activating group) is 1. The number of piperidine rings is 1. The van der Waals surface area contributed by atoms with Crippen molar-refractivity contribution in [2.24, 2.45) is 5.41 Å². The number of aliphatic hydroxyl groups is 1. The Kier molecular flexibility index (Phi) is 5.60. The third-order valence-electron chi connectivity index (χ3n) is 7.27. The molecule has 7 nitrogen and oxygen atoms in total. The molecule has 2 aromatic rings. The van der Waals surface area contributed by atoms with Crippen LogP contribution in [0.3, 0.4) is 0 Å². The summed E-state index contributed by atoms with van der Waals surface area (Å²) in [7, 11) is 2.12. The first kappa shape index (κ1) is 22.2. The van der Waals surface area contributed by atoms with Crippen LogP contribution in [0.5, 0.6) is 0 Å². The molecule has 178 valence electrons. The fourth-order valence-electron chi connectivity index (χ4n) is 4.97. The molecular formula is C23H29F3N6O. The molecule has 2 saturated heterocycles. The van der Waals surface area contributed by atoms with Crippen molar-refractivity contribution in [2.75, 3.05) is 61.4 Å². The van der Waals surface area contributed by atoms with Crippen LogP contribution in [0.1, 0.15) is 18.5 Å². The van der Waals surface area contributed by atoms with Crippen LogP contribution in [-0.2, 0) is 6.18 Å². The number of anilines is 3. The van der Waals surface area contributed by atoms with Crippen LogP contribution < -0.4 is 15.1 Å². The summed E-state index contributed by atoms with van der Waals surface area (Å²) in [5, 5.41) is 14.1. The lowest BCUT2D eigenvalue weighted by molar-refractivity contribution is -0.141. The molecule has 2 atom stereocenters. The van der Waals surface area contributed by atoms with Gasteiger partial charge in [0.1, 0.15) is 17.3 Å². The summed E-state index contributed by atoms with van der Waals surface area (Å²) in [6.45, 7) is 4.93. The lowest BCUT2D eigenvalue weighted by atomic mass is 9.85. The van der Waals surface area contributed by atoms with E-state index in [1.807, 2.05) is 17.2 Å². The lowest BCUT2D eigenvalue weighted by Gasteiger charge is -2.43. The minimum atomic E-state index is -4.50. The van der Waals surface area contributed by atoms with Crippen LogP contribution in [-0.4, -0.2) is 78.4 Å². The second-order valence-corrected chi connectivity index (χ2v) is 9.42. The van der Waals surface area contributed by atoms with Gasteiger partial charge in [-0.3, -0.25) is 0 Å². The number of halogens is 3. The van der Waals surface area contributed by atoms with E-state index in [0.29, 0.717) is 13.1 Å². The van der Waals surface area contributed by atoms with Gasteiger partial charge < -0.3 is 25.1 Å². The van der Waals surface area contributed by atoms with Crippen molar-refractivity contribution in [2.45, 2.75) is 31.2 Å². The number of alkyl halides is 3. The average molecular weight is 463 g/mol. The molecule has 0 radical (unpaired) electrons. The number of nitrogens with one attached hydrogen (secondary N) is 1. The maximum atomic E-state index is 13.1. The molecule has 0 aromatic carbocycles. The summed E-state index contributed by atoms with van der Waals surface area (Å²) in [4.78, 5) is 15.0. The van der Waals surface area contributed by atoms with Crippen molar-refractivity contribution in [3.63, 3.8) is 0 Å². The highest BCUT2D eigenvalue weighted by Crippen LogP contribution is 2.54. The molecule has 5 rings (SSSR count). The highest BCUT2D eigenvalue weighted by molar-refractivity contribution is 5.52. The Morgan fingerprint density at radius 1 is 1.03 bits per heavy atom. The summed E-state index contributed by atoms with van der Waals surface area (Å²) < 4.78 is 39.3. The molecule has 33 heavy (non-hydrogen) atoms. The molecule has 1 spiro atoms. The van der Waals surface area contributed by atoms with Crippen LogP contribution in [0.2, 0.25) is 0 Å². The Hall–Kier alpha value is -2.59. The van der Waals surface area contributed by atoms with Crippen molar-refractivity contribution >= 4 is 17.3 Å². The van der Waals surface area contributed by atoms with Crippen molar-refractivity contribution in [3.05, 3.63) is 42.2 Å². The SMILES string of the molecule is CN1CCN(c2ccc(N3C[C@H](Nc4cccc(C(F)(F)F)n4)C4(CC4)[C@@H](O)C3)nc2)CC1. The van der Waals surface area contributed by atoms with E-state index in [1.165, 1.54) is 6.07 Å². The molecule has 2 aliphatic heterocycles. The van der Waals surface area contributed by atoms with Gasteiger partial charge >= 0.3 is 6.18 Å². The van der Waals surface area contributed by atoms with Gasteiger partial charge in [-0.2, -0.15) is 13.2 Å². The molecule has 0 amide bonds. The molecule has 3 fully saturated rings. The van der Waals surface area contributed by atoms with Gasteiger partial charge in [0.05, 0.1) is 24.0 Å². The molecule has 10 heteroatoms. The third kappa shape index (κ3) is 4.46. The quantitative estimate of drug-likeness (QED) is 0.724. The van der Waals surface area contributed by atoms with Gasteiger partial charge in [0.25, 0.3) is 0 Å². The number of β-amino-alcohol motifs (C(OH)–C–C–N with tert-alkyl or cyclic N) is 1. The summed E-state index contributed by atoms with van der Waals surface area (Å²) in [5.41, 5.74) is -0.177. The first-order valence-electron chi connectivity index (χ1n) is 11.4. The van der Waals surface area contributed by atoms with E-state index in [-0.39, 0.29) is 17.3 Å². The smallest absolute Gasteiger partial charge is 0.391 e. The second-order valence-electron chi connectivity index (χ2n) is 9.42. The maximum Gasteiger partial charge on any atom is 0.433 e. The van der Waals surface area contributed by atoms with E-state index < -0.39 is 18.0 Å². The van der Waals surface area contributed by atoms with E-state index in [9.17, 15) is 18.3 Å². The molecule has 2 aromatic heterocycles. The number of rotatable bonds is 4. The van der Waals surface area contributed by atoms with E-state index in [1.54, 1.807) is 6.07 Å². The molecule has 0 bridgehead atoms. The van der Waals surface area contributed by atoms with Crippen molar-refractivity contribution in [3.8, 4) is 0 Å². The molecule has 1 aliphatic carbocycles.